The minimum Gasteiger partial charge on any atom is -0.257 e. The molecule has 0 amide bonds. The van der Waals surface area contributed by atoms with E-state index >= 15 is 0 Å². The lowest BCUT2D eigenvalue weighted by Crippen LogP contribution is -2.70. The Kier molecular flexibility index (Phi) is 36.0. The first-order chi connectivity index (χ1) is 19.9. The lowest BCUT2D eigenvalue weighted by atomic mass is 11.5. The van der Waals surface area contributed by atoms with Crippen molar-refractivity contribution in [2.75, 3.05) is 7.05 Å². The Balaban J connectivity index is 3.01. The van der Waals surface area contributed by atoms with Crippen molar-refractivity contribution in [2.24, 2.45) is 5.84 Å². The summed E-state index contributed by atoms with van der Waals surface area (Å²) in [5.74, 6) is 4.93. The van der Waals surface area contributed by atoms with Gasteiger partial charge in [0.2, 0.25) is 0 Å². The van der Waals surface area contributed by atoms with Crippen LogP contribution in [0.3, 0.4) is 0 Å². The van der Waals surface area contributed by atoms with Gasteiger partial charge in [0.1, 0.15) is 0 Å². The van der Waals surface area contributed by atoms with E-state index in [1.54, 1.807) is 7.05 Å². The molecule has 0 bridgehead atoms. The zero-order valence-electron chi connectivity index (χ0n) is 20.6. The van der Waals surface area contributed by atoms with Gasteiger partial charge in [-0.25, -0.2) is 5.43 Å². The van der Waals surface area contributed by atoms with E-state index in [1.807, 2.05) is 0 Å². The number of rotatable bonds is 37. The molecule has 0 radical (unpaired) electrons. The molecule has 0 aliphatic rings. The van der Waals surface area contributed by atoms with Crippen molar-refractivity contribution in [1.29, 1.82) is 0 Å². The smallest absolute Gasteiger partial charge is 0.000111 e. The molecule has 0 saturated carbocycles. The zero-order chi connectivity index (χ0) is 28.9. The number of nitrogens with two attached hydrogens (primary N) is 1. The maximum atomic E-state index is 4.93. The Morgan fingerprint density at radius 3 is 0.450 bits per heavy atom. The molecule has 0 spiro atoms. The van der Waals surface area contributed by atoms with Gasteiger partial charge in [-0.1, -0.05) is 0 Å². The van der Waals surface area contributed by atoms with Crippen LogP contribution < -0.4 is 216 Å². The van der Waals surface area contributed by atoms with Crippen LogP contribution in [0.15, 0.2) is 0 Å². The SMILES string of the molecule is CNNNNNNNNNNNNNNNNNNNNNNNNNNNNNNNNNNNNNNN. The molecular formula is CH43N39. The predicted octanol–water partition coefficient (Wildman–Crippen LogP) is -19.3. The molecule has 0 heterocycles. The summed E-state index contributed by atoms with van der Waals surface area (Å²) in [6, 6.07) is 0. The van der Waals surface area contributed by atoms with E-state index in [1.165, 1.54) is 0 Å². The first-order valence-corrected chi connectivity index (χ1v) is 10.0. The minimum absolute atomic E-state index is 1.69. The van der Waals surface area contributed by atoms with Crippen LogP contribution in [0.25, 0.3) is 0 Å². The molecule has 0 saturated heterocycles. The summed E-state index contributed by atoms with van der Waals surface area (Å²) in [6.45, 7) is 0. The zero-order valence-corrected chi connectivity index (χ0v) is 20.6. The standard InChI is InChI=1S/CH43N39/c1-3-5-7-9-11-13-15-17-19-21-23-25-27-29-31-33-35-37-39-40-38-36-34-32-30-28-26-24-22-20-18-16-14-12-10-8-6-4-2/h3-40H,2H2,1H3. The van der Waals surface area contributed by atoms with Gasteiger partial charge in [0, 0.05) is 0 Å². The Bertz CT molecular complexity index is 368. The van der Waals surface area contributed by atoms with Crippen LogP contribution in [0.4, 0.5) is 0 Å². The Labute approximate surface area is 224 Å². The molecule has 40 N–H and O–H groups in total. The summed E-state index contributed by atoms with van der Waals surface area (Å²) in [6.07, 6.45) is 0. The maximum absolute atomic E-state index is 4.93. The summed E-state index contributed by atoms with van der Waals surface area (Å²) < 4.78 is 0. The average Bonchev–Trinajstić information content (AvgIpc) is 2.97. The summed E-state index contributed by atoms with van der Waals surface area (Å²) >= 11 is 0. The molecule has 0 atom stereocenters. The highest BCUT2D eigenvalue weighted by Gasteiger charge is 1.86. The van der Waals surface area contributed by atoms with Gasteiger partial charge in [-0.2, -0.15) is 205 Å². The summed E-state index contributed by atoms with van der Waals surface area (Å²) in [7, 11) is 1.69. The minimum atomic E-state index is 1.69. The highest BCUT2D eigenvalue weighted by Crippen LogP contribution is 1.32. The van der Waals surface area contributed by atoms with Gasteiger partial charge in [-0.05, 0) is 7.05 Å². The average molecular weight is 602 g/mol. The maximum Gasteiger partial charge on any atom is -0.000111 e. The second-order valence-corrected chi connectivity index (χ2v) is 4.89. The quantitative estimate of drug-likeness (QED) is 0.0178. The first kappa shape index (κ1) is 38.4. The summed E-state index contributed by atoms with van der Waals surface area (Å²) in [5, 5.41) is 0. The van der Waals surface area contributed by atoms with Crippen molar-refractivity contribution in [1.82, 2.24) is 210 Å². The van der Waals surface area contributed by atoms with Gasteiger partial charge in [-0.3, -0.25) is 5.84 Å². The predicted molar refractivity (Wildman–Crippen MR) is 129 cm³/mol. The van der Waals surface area contributed by atoms with Crippen molar-refractivity contribution in [3.05, 3.63) is 0 Å². The largest absolute Gasteiger partial charge is 0.257 e. The molecule has 39 heteroatoms. The monoisotopic (exact) mass is 601 g/mol. The molecule has 0 unspecified atom stereocenters. The molecule has 40 heavy (non-hydrogen) atoms. The molecule has 0 fully saturated rings. The van der Waals surface area contributed by atoms with E-state index in [-0.39, 0.29) is 0 Å². The normalized spacial score (nSPS) is 11.6. The summed E-state index contributed by atoms with van der Waals surface area (Å²) in [5.41, 5.74) is 94.4. The second kappa shape index (κ2) is 37.4. The molecular weight excluding hydrogens is 558 g/mol. The van der Waals surface area contributed by atoms with Crippen LogP contribution in [0, 0.1) is 0 Å². The van der Waals surface area contributed by atoms with Crippen LogP contribution in [0.1, 0.15) is 0 Å². The van der Waals surface area contributed by atoms with Crippen LogP contribution in [-0.2, 0) is 0 Å². The molecule has 0 aromatic rings. The fourth-order valence-corrected chi connectivity index (χ4v) is 1.16. The van der Waals surface area contributed by atoms with Crippen LogP contribution >= 0.6 is 0 Å². The van der Waals surface area contributed by atoms with E-state index in [4.69, 9.17) is 5.84 Å². The number of hydrogen-bond donors (Lipinski definition) is 39. The van der Waals surface area contributed by atoms with Gasteiger partial charge in [0.25, 0.3) is 0 Å². The van der Waals surface area contributed by atoms with E-state index in [2.05, 4.69) is 210 Å². The van der Waals surface area contributed by atoms with Crippen LogP contribution in [0.5, 0.6) is 0 Å². The molecule has 0 aromatic carbocycles. The molecule has 39 nitrogen and oxygen atoms in total. The van der Waals surface area contributed by atoms with E-state index in [9.17, 15) is 0 Å². The molecule has 242 valence electrons. The van der Waals surface area contributed by atoms with Gasteiger partial charge in [0.15, 0.2) is 0 Å². The highest BCUT2D eigenvalue weighted by molar-refractivity contribution is 4.20. The molecule has 0 aromatic heterocycles. The van der Waals surface area contributed by atoms with Crippen molar-refractivity contribution in [3.8, 4) is 0 Å². The number of hydrazine groups is 38. The van der Waals surface area contributed by atoms with Gasteiger partial charge >= 0.3 is 0 Å². The lowest BCUT2D eigenvalue weighted by Gasteiger charge is -2.16. The van der Waals surface area contributed by atoms with Crippen molar-refractivity contribution < 1.29 is 0 Å². The molecule has 0 rings (SSSR count). The second-order valence-electron chi connectivity index (χ2n) is 4.89. The fraction of sp³-hybridized carbons (Fsp3) is 1.00. The first-order valence-electron chi connectivity index (χ1n) is 10.0. The van der Waals surface area contributed by atoms with E-state index < -0.39 is 0 Å². The van der Waals surface area contributed by atoms with Crippen molar-refractivity contribution >= 4 is 0 Å². The van der Waals surface area contributed by atoms with Crippen molar-refractivity contribution in [2.45, 2.75) is 0 Å². The Hall–Kier alpha value is -1.56. The summed E-state index contributed by atoms with van der Waals surface area (Å²) in [4.78, 5) is 0. The Morgan fingerprint density at radius 1 is 0.200 bits per heavy atom. The van der Waals surface area contributed by atoms with Gasteiger partial charge in [-0.15, -0.1) is 0 Å². The third-order valence-electron chi connectivity index (χ3n) is 2.38. The van der Waals surface area contributed by atoms with Crippen molar-refractivity contribution in [3.63, 3.8) is 0 Å². The number of hydrogen-bond acceptors (Lipinski definition) is 39. The lowest BCUT2D eigenvalue weighted by molar-refractivity contribution is 0.180. The van der Waals surface area contributed by atoms with Crippen LogP contribution in [-0.4, -0.2) is 7.05 Å². The Morgan fingerprint density at radius 2 is 0.325 bits per heavy atom. The third kappa shape index (κ3) is 36.4. The highest BCUT2D eigenvalue weighted by atomic mass is 16.0. The molecule has 0 aliphatic carbocycles. The number of nitrogens with one attached hydrogen (secondary N) is 38. The van der Waals surface area contributed by atoms with Gasteiger partial charge in [0.05, 0.1) is 0 Å². The van der Waals surface area contributed by atoms with E-state index in [0.29, 0.717) is 0 Å². The van der Waals surface area contributed by atoms with E-state index in [0.717, 1.165) is 0 Å². The topological polar surface area (TPSA) is 483 Å². The third-order valence-corrected chi connectivity index (χ3v) is 2.38. The van der Waals surface area contributed by atoms with Crippen LogP contribution in [0.2, 0.25) is 0 Å². The molecule has 0 aliphatic heterocycles. The van der Waals surface area contributed by atoms with Gasteiger partial charge < -0.3 is 0 Å². The fourth-order valence-electron chi connectivity index (χ4n) is 1.16.